The van der Waals surface area contributed by atoms with Crippen molar-refractivity contribution in [1.29, 1.82) is 0 Å². The van der Waals surface area contributed by atoms with Gasteiger partial charge in [0, 0.05) is 6.20 Å². The van der Waals surface area contributed by atoms with Crippen molar-refractivity contribution < 1.29 is 4.79 Å². The largest absolute Gasteiger partial charge is 0.319 e. The summed E-state index contributed by atoms with van der Waals surface area (Å²) in [4.78, 5) is 20.0. The molecule has 0 aliphatic rings. The zero-order chi connectivity index (χ0) is 11.5. The molecule has 0 fully saturated rings. The van der Waals surface area contributed by atoms with Gasteiger partial charge in [0.05, 0.1) is 17.4 Å². The van der Waals surface area contributed by atoms with Crippen molar-refractivity contribution >= 4 is 34.5 Å². The second-order valence-electron chi connectivity index (χ2n) is 3.17. The Morgan fingerprint density at radius 3 is 3.00 bits per heavy atom. The van der Waals surface area contributed by atoms with Crippen LogP contribution in [0.25, 0.3) is 0 Å². The summed E-state index contributed by atoms with van der Waals surface area (Å²) in [5.74, 6) is -0.225. The molecule has 0 saturated carbocycles. The number of anilines is 1. The van der Waals surface area contributed by atoms with Gasteiger partial charge in [-0.25, -0.2) is 4.98 Å². The lowest BCUT2D eigenvalue weighted by Gasteiger charge is -2.05. The normalized spacial score (nSPS) is 10.1. The highest BCUT2D eigenvalue weighted by Crippen LogP contribution is 2.21. The molecule has 4 nitrogen and oxygen atoms in total. The van der Waals surface area contributed by atoms with Crippen LogP contribution in [0.2, 0.25) is 5.15 Å². The fourth-order valence-corrected chi connectivity index (χ4v) is 1.82. The zero-order valence-corrected chi connectivity index (χ0v) is 9.97. The number of aryl methyl sites for hydroxylation is 1. The van der Waals surface area contributed by atoms with Crippen LogP contribution in [0.1, 0.15) is 15.2 Å². The highest BCUT2D eigenvalue weighted by Gasteiger charge is 2.10. The molecule has 2 rings (SSSR count). The predicted molar refractivity (Wildman–Crippen MR) is 64.1 cm³/mol. The van der Waals surface area contributed by atoms with Crippen molar-refractivity contribution in [3.8, 4) is 0 Å². The minimum Gasteiger partial charge on any atom is -0.319 e. The molecule has 0 aliphatic carbocycles. The van der Waals surface area contributed by atoms with Gasteiger partial charge < -0.3 is 5.32 Å². The van der Waals surface area contributed by atoms with E-state index in [0.717, 1.165) is 5.56 Å². The lowest BCUT2D eigenvalue weighted by Crippen LogP contribution is -2.11. The van der Waals surface area contributed by atoms with Gasteiger partial charge in [0.15, 0.2) is 5.15 Å². The molecule has 2 aromatic rings. The Hall–Kier alpha value is -1.46. The molecule has 6 heteroatoms. The van der Waals surface area contributed by atoms with Crippen molar-refractivity contribution in [2.45, 2.75) is 6.92 Å². The summed E-state index contributed by atoms with van der Waals surface area (Å²) in [6.07, 6.45) is 3.15. The molecular weight excluding hydrogens is 246 g/mol. The van der Waals surface area contributed by atoms with Gasteiger partial charge >= 0.3 is 0 Å². The first-order valence-corrected chi connectivity index (χ1v) is 5.74. The molecule has 0 aromatic carbocycles. The van der Waals surface area contributed by atoms with E-state index in [-0.39, 0.29) is 11.1 Å². The van der Waals surface area contributed by atoms with Gasteiger partial charge in [0.2, 0.25) is 0 Å². The average molecular weight is 254 g/mol. The van der Waals surface area contributed by atoms with E-state index >= 15 is 0 Å². The molecular formula is C10H8ClN3OS. The Morgan fingerprint density at radius 1 is 1.50 bits per heavy atom. The summed E-state index contributed by atoms with van der Waals surface area (Å²) in [5.41, 5.74) is 3.05. The number of hydrogen-bond donors (Lipinski definition) is 1. The highest BCUT2D eigenvalue weighted by molar-refractivity contribution is 7.11. The van der Waals surface area contributed by atoms with Gasteiger partial charge in [-0.3, -0.25) is 9.78 Å². The van der Waals surface area contributed by atoms with E-state index in [2.05, 4.69) is 15.3 Å². The van der Waals surface area contributed by atoms with Crippen LogP contribution < -0.4 is 5.32 Å². The van der Waals surface area contributed by atoms with Gasteiger partial charge in [0.25, 0.3) is 5.91 Å². The molecule has 0 aliphatic heterocycles. The summed E-state index contributed by atoms with van der Waals surface area (Å²) >= 11 is 7.14. The quantitative estimate of drug-likeness (QED) is 0.838. The number of aromatic nitrogens is 2. The molecule has 82 valence electrons. The Bertz CT molecular complexity index is 513. The third kappa shape index (κ3) is 2.37. The smallest absolute Gasteiger partial charge is 0.267 e. The van der Waals surface area contributed by atoms with Crippen LogP contribution in [0.4, 0.5) is 5.69 Å². The Morgan fingerprint density at radius 2 is 2.31 bits per heavy atom. The molecule has 0 radical (unpaired) electrons. The van der Waals surface area contributed by atoms with Crippen LogP contribution in [0.15, 0.2) is 24.0 Å². The van der Waals surface area contributed by atoms with E-state index in [9.17, 15) is 4.79 Å². The number of halogens is 1. The number of amides is 1. The van der Waals surface area contributed by atoms with Crippen molar-refractivity contribution in [2.24, 2.45) is 0 Å². The molecule has 16 heavy (non-hydrogen) atoms. The number of carbonyl (C=O) groups excluding carboxylic acids is 1. The fourth-order valence-electron chi connectivity index (χ4n) is 1.15. The minimum atomic E-state index is -0.225. The van der Waals surface area contributed by atoms with Gasteiger partial charge in [-0.15, -0.1) is 11.3 Å². The van der Waals surface area contributed by atoms with Crippen LogP contribution in [0.5, 0.6) is 0 Å². The van der Waals surface area contributed by atoms with E-state index in [1.807, 2.05) is 6.92 Å². The molecule has 1 amide bonds. The van der Waals surface area contributed by atoms with Crippen molar-refractivity contribution in [3.05, 3.63) is 39.6 Å². The molecule has 0 atom stereocenters. The maximum atomic E-state index is 11.7. The first kappa shape index (κ1) is 11.0. The number of carbonyl (C=O) groups is 1. The molecule has 2 aromatic heterocycles. The van der Waals surface area contributed by atoms with E-state index in [1.54, 1.807) is 17.8 Å². The van der Waals surface area contributed by atoms with E-state index in [4.69, 9.17) is 11.6 Å². The van der Waals surface area contributed by atoms with Gasteiger partial charge in [-0.1, -0.05) is 11.6 Å². The average Bonchev–Trinajstić information content (AvgIpc) is 2.76. The number of rotatable bonds is 2. The molecule has 1 N–H and O–H groups in total. The maximum Gasteiger partial charge on any atom is 0.267 e. The van der Waals surface area contributed by atoms with Crippen LogP contribution in [0.3, 0.4) is 0 Å². The number of nitrogens with one attached hydrogen (secondary N) is 1. The van der Waals surface area contributed by atoms with E-state index in [1.165, 1.54) is 17.5 Å². The number of nitrogens with zero attached hydrogens (tertiary/aromatic N) is 2. The number of pyridine rings is 1. The monoisotopic (exact) mass is 253 g/mol. The van der Waals surface area contributed by atoms with Crippen molar-refractivity contribution in [3.63, 3.8) is 0 Å². The van der Waals surface area contributed by atoms with Crippen LogP contribution in [-0.2, 0) is 0 Å². The molecule has 2 heterocycles. The second-order valence-corrected chi connectivity index (χ2v) is 4.42. The van der Waals surface area contributed by atoms with Gasteiger partial charge in [0.1, 0.15) is 4.88 Å². The van der Waals surface area contributed by atoms with E-state index in [0.29, 0.717) is 10.6 Å². The van der Waals surface area contributed by atoms with E-state index < -0.39 is 0 Å². The van der Waals surface area contributed by atoms with Crippen LogP contribution in [0, 0.1) is 6.92 Å². The number of hydrogen-bond acceptors (Lipinski definition) is 4. The van der Waals surface area contributed by atoms with Crippen LogP contribution >= 0.6 is 22.9 Å². The zero-order valence-electron chi connectivity index (χ0n) is 8.40. The summed E-state index contributed by atoms with van der Waals surface area (Å²) in [6.45, 7) is 1.88. The van der Waals surface area contributed by atoms with Crippen LogP contribution in [-0.4, -0.2) is 15.9 Å². The third-order valence-electron chi connectivity index (χ3n) is 1.88. The summed E-state index contributed by atoms with van der Waals surface area (Å²) in [7, 11) is 0. The third-order valence-corrected chi connectivity index (χ3v) is 2.95. The predicted octanol–water partition coefficient (Wildman–Crippen LogP) is 2.75. The van der Waals surface area contributed by atoms with Crippen molar-refractivity contribution in [2.75, 3.05) is 5.32 Å². The first-order valence-electron chi connectivity index (χ1n) is 4.49. The second kappa shape index (κ2) is 4.59. The first-order chi connectivity index (χ1) is 7.66. The summed E-state index contributed by atoms with van der Waals surface area (Å²) < 4.78 is 0. The summed E-state index contributed by atoms with van der Waals surface area (Å²) in [5, 5.41) is 2.97. The molecule has 0 spiro atoms. The minimum absolute atomic E-state index is 0.225. The topological polar surface area (TPSA) is 54.9 Å². The Kier molecular flexibility index (Phi) is 3.17. The van der Waals surface area contributed by atoms with Crippen molar-refractivity contribution in [1.82, 2.24) is 9.97 Å². The Balaban J connectivity index is 2.21. The highest BCUT2D eigenvalue weighted by atomic mass is 35.5. The lowest BCUT2D eigenvalue weighted by molar-refractivity contribution is 0.103. The lowest BCUT2D eigenvalue weighted by atomic mass is 10.3. The Labute approximate surface area is 101 Å². The van der Waals surface area contributed by atoms with Gasteiger partial charge in [-0.05, 0) is 18.6 Å². The molecule has 0 saturated heterocycles. The summed E-state index contributed by atoms with van der Waals surface area (Å²) in [6, 6.07) is 1.77. The fraction of sp³-hybridized carbons (Fsp3) is 0.100. The SMILES string of the molecule is Cc1cnc(Cl)c(NC(=O)c2cncs2)c1. The number of thiazole rings is 1. The maximum absolute atomic E-state index is 11.7. The van der Waals surface area contributed by atoms with Gasteiger partial charge in [-0.2, -0.15) is 0 Å². The molecule has 0 bridgehead atoms. The molecule has 0 unspecified atom stereocenters. The standard InChI is InChI=1S/C10H8ClN3OS/c1-6-2-7(9(11)13-3-6)14-10(15)8-4-12-5-16-8/h2-5H,1H3,(H,14,15).